The minimum atomic E-state index is -0.320. The van der Waals surface area contributed by atoms with Gasteiger partial charge in [0.1, 0.15) is 18.2 Å². The Morgan fingerprint density at radius 3 is 2.35 bits per heavy atom. The maximum atomic E-state index is 13.4. The van der Waals surface area contributed by atoms with Gasteiger partial charge >= 0.3 is 0 Å². The number of halogens is 4. The Kier molecular flexibility index (Phi) is 5.60. The molecule has 0 aliphatic heterocycles. The molecule has 20 heavy (non-hydrogen) atoms. The van der Waals surface area contributed by atoms with E-state index in [-0.39, 0.29) is 19.0 Å². The smallest absolute Gasteiger partial charge is 0.148 e. The summed E-state index contributed by atoms with van der Waals surface area (Å²) < 4.78 is 21.0. The molecule has 0 amide bonds. The topological polar surface area (TPSA) is 29.5 Å². The molecule has 2 nitrogen and oxygen atoms in total. The van der Waals surface area contributed by atoms with E-state index in [1.54, 1.807) is 24.3 Å². The third-order valence-corrected chi connectivity index (χ3v) is 4.71. The summed E-state index contributed by atoms with van der Waals surface area (Å²) in [5.74, 6) is 0.290. The highest BCUT2D eigenvalue weighted by Crippen LogP contribution is 2.35. The van der Waals surface area contributed by atoms with Crippen LogP contribution in [0.2, 0.25) is 0 Å². The van der Waals surface area contributed by atoms with Crippen molar-refractivity contribution in [2.45, 2.75) is 13.2 Å². The number of aliphatic hydroxyl groups is 1. The zero-order valence-electron chi connectivity index (χ0n) is 10.2. The quantitative estimate of drug-likeness (QED) is 0.669. The van der Waals surface area contributed by atoms with Gasteiger partial charge in [-0.2, -0.15) is 0 Å². The van der Waals surface area contributed by atoms with Crippen molar-refractivity contribution >= 4 is 47.8 Å². The van der Waals surface area contributed by atoms with Gasteiger partial charge < -0.3 is 9.84 Å². The Hall–Kier alpha value is -0.430. The second-order valence-electron chi connectivity index (χ2n) is 4.05. The summed E-state index contributed by atoms with van der Waals surface area (Å²) in [7, 11) is 0. The summed E-state index contributed by atoms with van der Waals surface area (Å²) in [5.41, 5.74) is 1.48. The van der Waals surface area contributed by atoms with Gasteiger partial charge in [0.15, 0.2) is 0 Å². The van der Waals surface area contributed by atoms with Gasteiger partial charge in [-0.3, -0.25) is 0 Å². The fourth-order valence-corrected chi connectivity index (χ4v) is 3.54. The van der Waals surface area contributed by atoms with Crippen LogP contribution in [0.1, 0.15) is 11.1 Å². The molecule has 0 aromatic heterocycles. The molecule has 0 bridgehead atoms. The van der Waals surface area contributed by atoms with Crippen molar-refractivity contribution in [3.8, 4) is 5.75 Å². The average molecular weight is 469 g/mol. The fourth-order valence-electron chi connectivity index (χ4n) is 1.65. The Morgan fingerprint density at radius 2 is 1.75 bits per heavy atom. The summed E-state index contributed by atoms with van der Waals surface area (Å²) in [4.78, 5) is 0. The van der Waals surface area contributed by atoms with Crippen LogP contribution < -0.4 is 4.74 Å². The van der Waals surface area contributed by atoms with Crippen LogP contribution in [-0.2, 0) is 13.2 Å². The molecule has 2 aromatic carbocycles. The molecule has 2 aromatic rings. The van der Waals surface area contributed by atoms with Gasteiger partial charge in [0.05, 0.1) is 20.0 Å². The molecule has 0 aliphatic carbocycles. The SMILES string of the molecule is OCc1cc(Br)c(OCc2cccc(F)c2Br)c(Br)c1. The lowest BCUT2D eigenvalue weighted by Gasteiger charge is -2.12. The summed E-state index contributed by atoms with van der Waals surface area (Å²) in [5, 5.41) is 9.12. The zero-order valence-corrected chi connectivity index (χ0v) is 14.9. The van der Waals surface area contributed by atoms with Gasteiger partial charge in [0.2, 0.25) is 0 Å². The summed E-state index contributed by atoms with van der Waals surface area (Å²) in [6.07, 6.45) is 0. The second kappa shape index (κ2) is 7.02. The van der Waals surface area contributed by atoms with Crippen molar-refractivity contribution in [3.63, 3.8) is 0 Å². The standard InChI is InChI=1S/C14H10Br3FO2/c15-10-4-8(6-19)5-11(16)14(10)20-7-9-2-1-3-12(18)13(9)17/h1-5,19H,6-7H2. The van der Waals surface area contributed by atoms with Gasteiger partial charge in [0.25, 0.3) is 0 Å². The van der Waals surface area contributed by atoms with Gasteiger partial charge in [-0.05, 0) is 71.6 Å². The van der Waals surface area contributed by atoms with Gasteiger partial charge in [-0.25, -0.2) is 4.39 Å². The van der Waals surface area contributed by atoms with E-state index in [1.165, 1.54) is 6.07 Å². The molecule has 106 valence electrons. The third-order valence-electron chi connectivity index (χ3n) is 2.64. The van der Waals surface area contributed by atoms with Gasteiger partial charge in [0, 0.05) is 5.56 Å². The molecule has 0 unspecified atom stereocenters. The normalized spacial score (nSPS) is 10.7. The van der Waals surface area contributed by atoms with E-state index >= 15 is 0 Å². The average Bonchev–Trinajstić information content (AvgIpc) is 2.42. The highest BCUT2D eigenvalue weighted by Gasteiger charge is 2.11. The molecule has 0 heterocycles. The van der Waals surface area contributed by atoms with E-state index in [0.29, 0.717) is 10.2 Å². The van der Waals surface area contributed by atoms with Crippen molar-refractivity contribution in [1.82, 2.24) is 0 Å². The van der Waals surface area contributed by atoms with Crippen LogP contribution in [0.3, 0.4) is 0 Å². The first kappa shape index (κ1) is 15.9. The molecule has 0 saturated heterocycles. The van der Waals surface area contributed by atoms with Crippen molar-refractivity contribution in [1.29, 1.82) is 0 Å². The Morgan fingerprint density at radius 1 is 1.10 bits per heavy atom. The van der Waals surface area contributed by atoms with Gasteiger partial charge in [-0.15, -0.1) is 0 Å². The largest absolute Gasteiger partial charge is 0.486 e. The van der Waals surface area contributed by atoms with Crippen LogP contribution in [0.15, 0.2) is 43.7 Å². The molecular weight excluding hydrogens is 459 g/mol. The molecule has 1 N–H and O–H groups in total. The number of ether oxygens (including phenoxy) is 1. The van der Waals surface area contributed by atoms with Crippen LogP contribution in [-0.4, -0.2) is 5.11 Å². The highest BCUT2D eigenvalue weighted by molar-refractivity contribution is 9.11. The molecule has 0 spiro atoms. The number of benzene rings is 2. The maximum Gasteiger partial charge on any atom is 0.148 e. The maximum absolute atomic E-state index is 13.4. The monoisotopic (exact) mass is 466 g/mol. The second-order valence-corrected chi connectivity index (χ2v) is 6.55. The predicted octanol–water partition coefficient (Wildman–Crippen LogP) is 5.18. The zero-order chi connectivity index (χ0) is 14.7. The van der Waals surface area contributed by atoms with Crippen molar-refractivity contribution in [3.05, 3.63) is 60.7 Å². The first-order valence-corrected chi connectivity index (χ1v) is 8.05. The predicted molar refractivity (Wildman–Crippen MR) is 86.2 cm³/mol. The van der Waals surface area contributed by atoms with Crippen molar-refractivity contribution < 1.29 is 14.2 Å². The minimum absolute atomic E-state index is 0.0487. The van der Waals surface area contributed by atoms with E-state index < -0.39 is 0 Å². The van der Waals surface area contributed by atoms with Crippen LogP contribution in [0.4, 0.5) is 4.39 Å². The van der Waals surface area contributed by atoms with Crippen LogP contribution in [0, 0.1) is 5.82 Å². The first-order valence-electron chi connectivity index (χ1n) is 5.67. The molecule has 0 fully saturated rings. The Balaban J connectivity index is 2.21. The molecule has 0 radical (unpaired) electrons. The summed E-state index contributed by atoms with van der Waals surface area (Å²) in [6, 6.07) is 8.37. The molecule has 6 heteroatoms. The van der Waals surface area contributed by atoms with Crippen LogP contribution in [0.25, 0.3) is 0 Å². The van der Waals surface area contributed by atoms with E-state index in [1.807, 2.05) is 0 Å². The number of hydrogen-bond donors (Lipinski definition) is 1. The van der Waals surface area contributed by atoms with Crippen LogP contribution >= 0.6 is 47.8 Å². The molecule has 0 atom stereocenters. The third kappa shape index (κ3) is 3.61. The van der Waals surface area contributed by atoms with Crippen molar-refractivity contribution in [2.24, 2.45) is 0 Å². The molecule has 0 saturated carbocycles. The lowest BCUT2D eigenvalue weighted by atomic mass is 10.2. The Labute approximate surface area is 141 Å². The number of aliphatic hydroxyl groups excluding tert-OH is 1. The Bertz CT molecular complexity index is 609. The molecular formula is C14H10Br3FO2. The minimum Gasteiger partial charge on any atom is -0.486 e. The van der Waals surface area contributed by atoms with E-state index in [4.69, 9.17) is 9.84 Å². The van der Waals surface area contributed by atoms with Crippen LogP contribution in [0.5, 0.6) is 5.75 Å². The lowest BCUT2D eigenvalue weighted by Crippen LogP contribution is -1.99. The first-order chi connectivity index (χ1) is 9.52. The number of rotatable bonds is 4. The lowest BCUT2D eigenvalue weighted by molar-refractivity contribution is 0.280. The molecule has 2 rings (SSSR count). The van der Waals surface area contributed by atoms with E-state index in [0.717, 1.165) is 20.1 Å². The van der Waals surface area contributed by atoms with E-state index in [2.05, 4.69) is 47.8 Å². The van der Waals surface area contributed by atoms with Crippen molar-refractivity contribution in [2.75, 3.05) is 0 Å². The highest BCUT2D eigenvalue weighted by atomic mass is 79.9. The fraction of sp³-hybridized carbons (Fsp3) is 0.143. The molecule has 0 aliphatic rings. The summed E-state index contributed by atoms with van der Waals surface area (Å²) in [6.45, 7) is 0.181. The number of hydrogen-bond acceptors (Lipinski definition) is 2. The van der Waals surface area contributed by atoms with Gasteiger partial charge in [-0.1, -0.05) is 12.1 Å². The van der Waals surface area contributed by atoms with E-state index in [9.17, 15) is 4.39 Å². The summed E-state index contributed by atoms with van der Waals surface area (Å²) >= 11 is 9.99.